The van der Waals surface area contributed by atoms with Crippen molar-refractivity contribution in [3.05, 3.63) is 48.0 Å². The molecule has 5 nitrogen and oxygen atoms in total. The van der Waals surface area contributed by atoms with Crippen LogP contribution in [0.5, 0.6) is 0 Å². The molecule has 2 aromatic rings. The molecule has 0 bridgehead atoms. The number of carboxylic acid groups (broad SMARTS) is 1. The molecule has 3 rings (SSSR count). The summed E-state index contributed by atoms with van der Waals surface area (Å²) in [4.78, 5) is 23.7. The number of amides is 1. The van der Waals surface area contributed by atoms with Crippen molar-refractivity contribution in [2.45, 2.75) is 44.2 Å². The van der Waals surface area contributed by atoms with Crippen molar-refractivity contribution in [3.8, 4) is 0 Å². The first kappa shape index (κ1) is 17.4. The van der Waals surface area contributed by atoms with Crippen molar-refractivity contribution >= 4 is 22.6 Å². The number of hydrogen-bond donors (Lipinski definition) is 2. The summed E-state index contributed by atoms with van der Waals surface area (Å²) in [6.07, 6.45) is 3.05. The summed E-state index contributed by atoms with van der Waals surface area (Å²) in [6.45, 7) is 0.694. The van der Waals surface area contributed by atoms with Gasteiger partial charge in [-0.2, -0.15) is 0 Å². The van der Waals surface area contributed by atoms with E-state index in [1.807, 2.05) is 42.5 Å². The van der Waals surface area contributed by atoms with Crippen LogP contribution in [-0.2, 0) is 14.3 Å². The minimum Gasteiger partial charge on any atom is -0.481 e. The second-order valence-corrected chi connectivity index (χ2v) is 6.48. The van der Waals surface area contributed by atoms with Crippen LogP contribution in [-0.4, -0.2) is 29.7 Å². The SMILES string of the molecule is O=C(O)C[C@@H](NC(=O)CC1CCCCO1)c1cccc2ccccc12. The molecule has 1 amide bonds. The Bertz CT molecular complexity index is 747. The second kappa shape index (κ2) is 8.12. The fourth-order valence-electron chi connectivity index (χ4n) is 3.40. The van der Waals surface area contributed by atoms with E-state index in [-0.39, 0.29) is 24.9 Å². The molecule has 5 heteroatoms. The number of hydrogen-bond acceptors (Lipinski definition) is 3. The Morgan fingerprint density at radius 2 is 1.96 bits per heavy atom. The lowest BCUT2D eigenvalue weighted by molar-refractivity contribution is -0.137. The number of benzene rings is 2. The van der Waals surface area contributed by atoms with Gasteiger partial charge in [0, 0.05) is 6.61 Å². The standard InChI is InChI=1S/C20H23NO4/c22-19(12-15-8-3-4-11-25-15)21-18(13-20(23)24)17-10-5-7-14-6-1-2-9-16(14)17/h1-2,5-7,9-10,15,18H,3-4,8,11-13H2,(H,21,22)(H,23,24)/t15?,18-/m1/s1. The van der Waals surface area contributed by atoms with Crippen LogP contribution in [0, 0.1) is 0 Å². The molecule has 2 N–H and O–H groups in total. The fraction of sp³-hybridized carbons (Fsp3) is 0.400. The molecule has 2 aromatic carbocycles. The zero-order chi connectivity index (χ0) is 17.6. The number of aliphatic carboxylic acids is 1. The Labute approximate surface area is 147 Å². The van der Waals surface area contributed by atoms with Gasteiger partial charge < -0.3 is 15.2 Å². The molecule has 0 aliphatic carbocycles. The number of fused-ring (bicyclic) bond motifs is 1. The minimum absolute atomic E-state index is 0.0632. The van der Waals surface area contributed by atoms with Gasteiger partial charge in [0.25, 0.3) is 0 Å². The predicted molar refractivity (Wildman–Crippen MR) is 95.3 cm³/mol. The monoisotopic (exact) mass is 341 g/mol. The average Bonchev–Trinajstić information content (AvgIpc) is 2.61. The van der Waals surface area contributed by atoms with Crippen LogP contribution in [0.3, 0.4) is 0 Å². The molecule has 0 radical (unpaired) electrons. The van der Waals surface area contributed by atoms with E-state index in [4.69, 9.17) is 4.74 Å². The first-order valence-corrected chi connectivity index (χ1v) is 8.74. The van der Waals surface area contributed by atoms with E-state index >= 15 is 0 Å². The van der Waals surface area contributed by atoms with E-state index in [1.54, 1.807) is 0 Å². The van der Waals surface area contributed by atoms with Crippen LogP contribution in [0.4, 0.5) is 0 Å². The largest absolute Gasteiger partial charge is 0.481 e. The number of nitrogens with one attached hydrogen (secondary N) is 1. The highest BCUT2D eigenvalue weighted by atomic mass is 16.5. The Morgan fingerprint density at radius 3 is 2.72 bits per heavy atom. The zero-order valence-corrected chi connectivity index (χ0v) is 14.1. The fourth-order valence-corrected chi connectivity index (χ4v) is 3.40. The van der Waals surface area contributed by atoms with Crippen LogP contribution in [0.25, 0.3) is 10.8 Å². The normalized spacial score (nSPS) is 18.6. The first-order chi connectivity index (χ1) is 12.1. The molecule has 1 saturated heterocycles. The summed E-state index contributed by atoms with van der Waals surface area (Å²) in [5.74, 6) is -1.10. The predicted octanol–water partition coefficient (Wildman–Crippen LogP) is 3.43. The molecule has 1 unspecified atom stereocenters. The molecular weight excluding hydrogens is 318 g/mol. The third-order valence-corrected chi connectivity index (χ3v) is 4.60. The van der Waals surface area contributed by atoms with Gasteiger partial charge in [0.1, 0.15) is 0 Å². The molecule has 132 valence electrons. The third-order valence-electron chi connectivity index (χ3n) is 4.60. The summed E-state index contributed by atoms with van der Waals surface area (Å²) < 4.78 is 5.61. The quantitative estimate of drug-likeness (QED) is 0.844. The topological polar surface area (TPSA) is 75.6 Å². The Kier molecular flexibility index (Phi) is 5.66. The maximum Gasteiger partial charge on any atom is 0.305 e. The van der Waals surface area contributed by atoms with Crippen LogP contribution in [0.1, 0.15) is 43.7 Å². The molecule has 0 aromatic heterocycles. The minimum atomic E-state index is -0.938. The highest BCUT2D eigenvalue weighted by Gasteiger charge is 2.23. The van der Waals surface area contributed by atoms with Gasteiger partial charge in [0.05, 0.1) is 25.0 Å². The number of ether oxygens (including phenoxy) is 1. The molecule has 0 saturated carbocycles. The number of carboxylic acids is 1. The van der Waals surface area contributed by atoms with E-state index in [0.29, 0.717) is 6.61 Å². The molecule has 1 fully saturated rings. The Balaban J connectivity index is 1.79. The molecule has 2 atom stereocenters. The van der Waals surface area contributed by atoms with Gasteiger partial charge in [-0.05, 0) is 35.6 Å². The van der Waals surface area contributed by atoms with E-state index in [0.717, 1.165) is 35.6 Å². The summed E-state index contributed by atoms with van der Waals surface area (Å²) in [6, 6.07) is 13.0. The Hall–Kier alpha value is -2.40. The van der Waals surface area contributed by atoms with Gasteiger partial charge in [-0.15, -0.1) is 0 Å². The molecule has 25 heavy (non-hydrogen) atoms. The molecule has 1 aliphatic rings. The molecular formula is C20H23NO4. The maximum absolute atomic E-state index is 12.4. The van der Waals surface area contributed by atoms with Gasteiger partial charge in [-0.3, -0.25) is 9.59 Å². The molecule has 1 aliphatic heterocycles. The van der Waals surface area contributed by atoms with E-state index in [1.165, 1.54) is 0 Å². The number of carbonyl (C=O) groups excluding carboxylic acids is 1. The van der Waals surface area contributed by atoms with Gasteiger partial charge in [0.2, 0.25) is 5.91 Å². The van der Waals surface area contributed by atoms with E-state index in [9.17, 15) is 14.7 Å². The van der Waals surface area contributed by atoms with Crippen molar-refractivity contribution in [1.29, 1.82) is 0 Å². The highest BCUT2D eigenvalue weighted by molar-refractivity contribution is 5.87. The maximum atomic E-state index is 12.4. The second-order valence-electron chi connectivity index (χ2n) is 6.48. The van der Waals surface area contributed by atoms with Gasteiger partial charge in [-0.1, -0.05) is 42.5 Å². The van der Waals surface area contributed by atoms with Crippen LogP contribution in [0.15, 0.2) is 42.5 Å². The van der Waals surface area contributed by atoms with Gasteiger partial charge >= 0.3 is 5.97 Å². The van der Waals surface area contributed by atoms with Crippen molar-refractivity contribution in [2.24, 2.45) is 0 Å². The van der Waals surface area contributed by atoms with Gasteiger partial charge in [-0.25, -0.2) is 0 Å². The molecule has 1 heterocycles. The summed E-state index contributed by atoms with van der Waals surface area (Å²) in [5.41, 5.74) is 0.832. The van der Waals surface area contributed by atoms with Crippen molar-refractivity contribution in [1.82, 2.24) is 5.32 Å². The average molecular weight is 341 g/mol. The lowest BCUT2D eigenvalue weighted by Gasteiger charge is -2.24. The van der Waals surface area contributed by atoms with E-state index in [2.05, 4.69) is 5.32 Å². The van der Waals surface area contributed by atoms with Crippen LogP contribution < -0.4 is 5.32 Å². The third kappa shape index (κ3) is 4.57. The summed E-state index contributed by atoms with van der Waals surface area (Å²) >= 11 is 0. The lowest BCUT2D eigenvalue weighted by Crippen LogP contribution is -2.34. The van der Waals surface area contributed by atoms with Crippen LogP contribution in [0.2, 0.25) is 0 Å². The first-order valence-electron chi connectivity index (χ1n) is 8.74. The summed E-state index contributed by atoms with van der Waals surface area (Å²) in [5, 5.41) is 14.2. The van der Waals surface area contributed by atoms with E-state index < -0.39 is 12.0 Å². The van der Waals surface area contributed by atoms with Gasteiger partial charge in [0.15, 0.2) is 0 Å². The highest BCUT2D eigenvalue weighted by Crippen LogP contribution is 2.27. The van der Waals surface area contributed by atoms with Crippen molar-refractivity contribution in [3.63, 3.8) is 0 Å². The summed E-state index contributed by atoms with van der Waals surface area (Å²) in [7, 11) is 0. The van der Waals surface area contributed by atoms with Crippen molar-refractivity contribution < 1.29 is 19.4 Å². The number of carbonyl (C=O) groups is 2. The zero-order valence-electron chi connectivity index (χ0n) is 14.1. The van der Waals surface area contributed by atoms with Crippen LogP contribution >= 0.6 is 0 Å². The Morgan fingerprint density at radius 1 is 1.16 bits per heavy atom. The molecule has 0 spiro atoms. The lowest BCUT2D eigenvalue weighted by atomic mass is 9.96. The smallest absolute Gasteiger partial charge is 0.305 e. The number of rotatable bonds is 6. The van der Waals surface area contributed by atoms with Crippen molar-refractivity contribution in [2.75, 3.05) is 6.61 Å².